The number of rotatable bonds is 4. The molecule has 1 atom stereocenters. The van der Waals surface area contributed by atoms with E-state index in [1.165, 1.54) is 12.1 Å². The fourth-order valence-electron chi connectivity index (χ4n) is 1.45. The van der Waals surface area contributed by atoms with Crippen LogP contribution in [0.25, 0.3) is 6.08 Å². The zero-order chi connectivity index (χ0) is 12.1. The molecule has 0 N–H and O–H groups in total. The monoisotopic (exact) mass is 220 g/mol. The molecule has 0 aliphatic rings. The second-order valence-corrected chi connectivity index (χ2v) is 4.05. The standard InChI is InChI=1S/C14H17FO/c1-4-10(2)14(16)11(3)9-12-5-7-13(15)8-6-12/h5-10H,4H2,1-3H3. The van der Waals surface area contributed by atoms with Gasteiger partial charge in [0.05, 0.1) is 0 Å². The Balaban J connectivity index is 2.84. The smallest absolute Gasteiger partial charge is 0.161 e. The van der Waals surface area contributed by atoms with Gasteiger partial charge in [-0.3, -0.25) is 4.79 Å². The van der Waals surface area contributed by atoms with E-state index in [0.29, 0.717) is 0 Å². The van der Waals surface area contributed by atoms with Crippen molar-refractivity contribution < 1.29 is 9.18 Å². The van der Waals surface area contributed by atoms with Crippen LogP contribution in [0.4, 0.5) is 4.39 Å². The van der Waals surface area contributed by atoms with Crippen LogP contribution in [0.2, 0.25) is 0 Å². The minimum Gasteiger partial charge on any atom is -0.294 e. The van der Waals surface area contributed by atoms with Gasteiger partial charge in [0.1, 0.15) is 5.82 Å². The van der Waals surface area contributed by atoms with Crippen molar-refractivity contribution in [2.45, 2.75) is 27.2 Å². The molecule has 1 aromatic carbocycles. The van der Waals surface area contributed by atoms with Crippen LogP contribution in [0.15, 0.2) is 29.8 Å². The number of Topliss-reactive ketones (excluding diaryl/α,β-unsaturated/α-hetero) is 1. The predicted molar refractivity (Wildman–Crippen MR) is 64.5 cm³/mol. The van der Waals surface area contributed by atoms with Gasteiger partial charge < -0.3 is 0 Å². The van der Waals surface area contributed by atoms with Crippen molar-refractivity contribution in [2.24, 2.45) is 5.92 Å². The van der Waals surface area contributed by atoms with Crippen molar-refractivity contribution in [3.05, 3.63) is 41.2 Å². The van der Waals surface area contributed by atoms with Crippen LogP contribution >= 0.6 is 0 Å². The van der Waals surface area contributed by atoms with Crippen LogP contribution in [-0.2, 0) is 4.79 Å². The van der Waals surface area contributed by atoms with Gasteiger partial charge in [-0.25, -0.2) is 4.39 Å². The Kier molecular flexibility index (Phi) is 4.41. The summed E-state index contributed by atoms with van der Waals surface area (Å²) in [5.74, 6) is -0.0495. The molecule has 0 aromatic heterocycles. The Morgan fingerprint density at radius 1 is 1.38 bits per heavy atom. The quantitative estimate of drug-likeness (QED) is 0.704. The van der Waals surface area contributed by atoms with Gasteiger partial charge in [0.2, 0.25) is 0 Å². The summed E-state index contributed by atoms with van der Waals surface area (Å²) < 4.78 is 12.7. The molecule has 0 saturated carbocycles. The van der Waals surface area contributed by atoms with Crippen molar-refractivity contribution in [3.8, 4) is 0 Å². The SMILES string of the molecule is CCC(C)C(=O)C(C)=Cc1ccc(F)cc1. The second-order valence-electron chi connectivity index (χ2n) is 4.05. The maximum absolute atomic E-state index is 12.7. The molecule has 0 spiro atoms. The first-order valence-electron chi connectivity index (χ1n) is 5.52. The minimum absolute atomic E-state index is 0.0525. The zero-order valence-electron chi connectivity index (χ0n) is 9.96. The summed E-state index contributed by atoms with van der Waals surface area (Å²) in [6, 6.07) is 6.13. The van der Waals surface area contributed by atoms with Gasteiger partial charge in [0.15, 0.2) is 5.78 Å². The van der Waals surface area contributed by atoms with Crippen LogP contribution in [-0.4, -0.2) is 5.78 Å². The molecule has 86 valence electrons. The van der Waals surface area contributed by atoms with Crippen LogP contribution in [0, 0.1) is 11.7 Å². The molecular formula is C14H17FO. The van der Waals surface area contributed by atoms with Crippen molar-refractivity contribution in [1.82, 2.24) is 0 Å². The third kappa shape index (κ3) is 3.30. The number of carbonyl (C=O) groups is 1. The summed E-state index contributed by atoms with van der Waals surface area (Å²) >= 11 is 0. The van der Waals surface area contributed by atoms with E-state index in [2.05, 4.69) is 0 Å². The van der Waals surface area contributed by atoms with Gasteiger partial charge in [0.25, 0.3) is 0 Å². The third-order valence-electron chi connectivity index (χ3n) is 2.70. The number of ketones is 1. The minimum atomic E-state index is -0.261. The van der Waals surface area contributed by atoms with Gasteiger partial charge in [0, 0.05) is 5.92 Å². The summed E-state index contributed by atoms with van der Waals surface area (Å²) in [5.41, 5.74) is 1.58. The van der Waals surface area contributed by atoms with Crippen molar-refractivity contribution >= 4 is 11.9 Å². The van der Waals surface area contributed by atoms with Crippen LogP contribution in [0.1, 0.15) is 32.8 Å². The average Bonchev–Trinajstić information content (AvgIpc) is 2.30. The van der Waals surface area contributed by atoms with E-state index < -0.39 is 0 Å². The molecule has 0 saturated heterocycles. The van der Waals surface area contributed by atoms with E-state index >= 15 is 0 Å². The summed E-state index contributed by atoms with van der Waals surface area (Å²) in [5, 5.41) is 0. The van der Waals surface area contributed by atoms with Gasteiger partial charge in [-0.2, -0.15) is 0 Å². The van der Waals surface area contributed by atoms with E-state index in [1.54, 1.807) is 25.1 Å². The molecule has 16 heavy (non-hydrogen) atoms. The molecule has 0 radical (unpaired) electrons. The first kappa shape index (κ1) is 12.6. The number of hydrogen-bond acceptors (Lipinski definition) is 1. The molecule has 0 amide bonds. The van der Waals surface area contributed by atoms with Crippen molar-refractivity contribution in [3.63, 3.8) is 0 Å². The molecule has 0 heterocycles. The molecule has 2 heteroatoms. The highest BCUT2D eigenvalue weighted by atomic mass is 19.1. The lowest BCUT2D eigenvalue weighted by Crippen LogP contribution is -2.10. The molecule has 1 rings (SSSR count). The Morgan fingerprint density at radius 2 is 1.94 bits per heavy atom. The highest BCUT2D eigenvalue weighted by Crippen LogP contribution is 2.14. The highest BCUT2D eigenvalue weighted by molar-refractivity contribution is 6.00. The van der Waals surface area contributed by atoms with E-state index in [4.69, 9.17) is 0 Å². The van der Waals surface area contributed by atoms with E-state index in [0.717, 1.165) is 17.6 Å². The summed E-state index contributed by atoms with van der Waals surface area (Å²) in [4.78, 5) is 11.8. The lowest BCUT2D eigenvalue weighted by molar-refractivity contribution is -0.118. The largest absolute Gasteiger partial charge is 0.294 e. The van der Waals surface area contributed by atoms with Crippen molar-refractivity contribution in [1.29, 1.82) is 0 Å². The average molecular weight is 220 g/mol. The Labute approximate surface area is 96.0 Å². The summed E-state index contributed by atoms with van der Waals surface area (Å²) in [7, 11) is 0. The van der Waals surface area contributed by atoms with Crippen LogP contribution in [0.5, 0.6) is 0 Å². The van der Waals surface area contributed by atoms with E-state index in [1.807, 2.05) is 13.8 Å². The number of carbonyl (C=O) groups excluding carboxylic acids is 1. The molecule has 0 aliphatic heterocycles. The van der Waals surface area contributed by atoms with E-state index in [9.17, 15) is 9.18 Å². The molecule has 1 unspecified atom stereocenters. The first-order valence-corrected chi connectivity index (χ1v) is 5.52. The zero-order valence-corrected chi connectivity index (χ0v) is 9.96. The normalized spacial score (nSPS) is 13.6. The highest BCUT2D eigenvalue weighted by Gasteiger charge is 2.11. The maximum atomic E-state index is 12.7. The molecule has 0 aliphatic carbocycles. The number of halogens is 1. The Morgan fingerprint density at radius 3 is 2.44 bits per heavy atom. The number of hydrogen-bond donors (Lipinski definition) is 0. The first-order chi connectivity index (χ1) is 7.54. The van der Waals surface area contributed by atoms with Gasteiger partial charge in [-0.1, -0.05) is 26.0 Å². The molecule has 1 nitrogen and oxygen atoms in total. The van der Waals surface area contributed by atoms with Crippen LogP contribution < -0.4 is 0 Å². The molecule has 0 fully saturated rings. The lowest BCUT2D eigenvalue weighted by atomic mass is 9.97. The molecule has 1 aromatic rings. The number of benzene rings is 1. The predicted octanol–water partition coefficient (Wildman–Crippen LogP) is 3.84. The van der Waals surface area contributed by atoms with Gasteiger partial charge in [-0.15, -0.1) is 0 Å². The lowest BCUT2D eigenvalue weighted by Gasteiger charge is -2.07. The van der Waals surface area contributed by atoms with Gasteiger partial charge >= 0.3 is 0 Å². The summed E-state index contributed by atoms with van der Waals surface area (Å²) in [6.45, 7) is 5.72. The molecular weight excluding hydrogens is 203 g/mol. The molecule has 0 bridgehead atoms. The topological polar surface area (TPSA) is 17.1 Å². The fourth-order valence-corrected chi connectivity index (χ4v) is 1.45. The Bertz CT molecular complexity index is 390. The fraction of sp³-hybridized carbons (Fsp3) is 0.357. The maximum Gasteiger partial charge on any atom is 0.161 e. The van der Waals surface area contributed by atoms with Crippen LogP contribution in [0.3, 0.4) is 0 Å². The van der Waals surface area contributed by atoms with Crippen molar-refractivity contribution in [2.75, 3.05) is 0 Å². The second kappa shape index (κ2) is 5.59. The van der Waals surface area contributed by atoms with Gasteiger partial charge in [-0.05, 0) is 42.7 Å². The van der Waals surface area contributed by atoms with E-state index in [-0.39, 0.29) is 17.5 Å². The number of allylic oxidation sites excluding steroid dienone is 1. The summed E-state index contributed by atoms with van der Waals surface area (Å²) in [6.07, 6.45) is 2.64. The Hall–Kier alpha value is -1.44. The third-order valence-corrected chi connectivity index (χ3v) is 2.70.